The van der Waals surface area contributed by atoms with E-state index in [0.717, 1.165) is 43.2 Å². The number of fused-ring (bicyclic) bond motifs is 2. The highest BCUT2D eigenvalue weighted by Crippen LogP contribution is 2.39. The van der Waals surface area contributed by atoms with E-state index in [4.69, 9.17) is 4.18 Å². The number of hydrogen-bond donors (Lipinski definition) is 0. The van der Waals surface area contributed by atoms with Crippen molar-refractivity contribution in [3.05, 3.63) is 41.0 Å². The van der Waals surface area contributed by atoms with Crippen molar-refractivity contribution in [1.82, 2.24) is 4.31 Å². The second kappa shape index (κ2) is 5.54. The molecule has 1 saturated carbocycles. The molecule has 2 aliphatic carbocycles. The van der Waals surface area contributed by atoms with E-state index in [1.54, 1.807) is 0 Å². The second-order valence-corrected chi connectivity index (χ2v) is 7.18. The Morgan fingerprint density at radius 2 is 1.86 bits per heavy atom. The third-order valence-corrected chi connectivity index (χ3v) is 5.95. The average Bonchev–Trinajstić information content (AvgIpc) is 2.56. The third-order valence-electron chi connectivity index (χ3n) is 4.86. The van der Waals surface area contributed by atoms with Gasteiger partial charge in [-0.2, -0.15) is 4.21 Å². The molecule has 4 nitrogen and oxygen atoms in total. The minimum Gasteiger partial charge on any atom is -0.384 e. The molecule has 0 radical (unpaired) electrons. The molecule has 0 bridgehead atoms. The zero-order valence-corrected chi connectivity index (χ0v) is 13.2. The number of rotatable bonds is 1. The smallest absolute Gasteiger partial charge is 0.321 e. The van der Waals surface area contributed by atoms with Gasteiger partial charge in [0.25, 0.3) is 5.91 Å². The highest BCUT2D eigenvalue weighted by atomic mass is 32.2. The van der Waals surface area contributed by atoms with Crippen LogP contribution in [0.5, 0.6) is 0 Å². The number of carbonyl (C=O) groups is 1. The molecule has 3 aliphatic rings. The molecule has 1 heterocycles. The zero-order valence-electron chi connectivity index (χ0n) is 12.4. The number of nitrogens with zero attached hydrogens (tertiary/aromatic N) is 1. The molecule has 0 saturated heterocycles. The zero-order chi connectivity index (χ0) is 15.1. The van der Waals surface area contributed by atoms with E-state index in [1.165, 1.54) is 10.7 Å². The van der Waals surface area contributed by atoms with Gasteiger partial charge in [0, 0.05) is 11.6 Å². The van der Waals surface area contributed by atoms with Crippen LogP contribution in [0.4, 0.5) is 0 Å². The number of aryl methyl sites for hydroxylation is 1. The van der Waals surface area contributed by atoms with Gasteiger partial charge in [0.2, 0.25) is 0 Å². The van der Waals surface area contributed by atoms with Gasteiger partial charge in [-0.25, -0.2) is 4.31 Å². The lowest BCUT2D eigenvalue weighted by Gasteiger charge is -2.37. The monoisotopic (exact) mass is 317 g/mol. The molecule has 1 aromatic carbocycles. The van der Waals surface area contributed by atoms with Crippen molar-refractivity contribution >= 4 is 22.9 Å². The first-order chi connectivity index (χ1) is 10.8. The van der Waals surface area contributed by atoms with Crippen LogP contribution in [-0.2, 0) is 26.7 Å². The summed E-state index contributed by atoms with van der Waals surface area (Å²) in [4.78, 5) is 12.9. The van der Waals surface area contributed by atoms with Crippen LogP contribution in [0.15, 0.2) is 29.8 Å². The van der Waals surface area contributed by atoms with Crippen molar-refractivity contribution in [3.63, 3.8) is 0 Å². The summed E-state index contributed by atoms with van der Waals surface area (Å²) in [5.74, 6) is 0.457. The summed E-state index contributed by atoms with van der Waals surface area (Å²) in [6, 6.07) is 7.97. The Labute approximate surface area is 132 Å². The quantitative estimate of drug-likeness (QED) is 0.799. The molecule has 0 spiro atoms. The van der Waals surface area contributed by atoms with Crippen LogP contribution in [0.25, 0.3) is 5.76 Å². The molecule has 5 heteroatoms. The van der Waals surface area contributed by atoms with E-state index in [1.807, 2.05) is 24.3 Å². The Bertz CT molecular complexity index is 676. The minimum absolute atomic E-state index is 0.0632. The van der Waals surface area contributed by atoms with Crippen molar-refractivity contribution in [2.75, 3.05) is 0 Å². The van der Waals surface area contributed by atoms with Crippen LogP contribution in [-0.4, -0.2) is 20.5 Å². The van der Waals surface area contributed by atoms with Crippen LogP contribution < -0.4 is 0 Å². The number of amides is 1. The number of benzene rings is 1. The van der Waals surface area contributed by atoms with Gasteiger partial charge in [-0.15, -0.1) is 0 Å². The maximum absolute atomic E-state index is 12.9. The maximum Gasteiger partial charge on any atom is 0.321 e. The first kappa shape index (κ1) is 14.0. The molecular formula is C17H19NO3S. The van der Waals surface area contributed by atoms with Gasteiger partial charge in [-0.1, -0.05) is 43.5 Å². The number of hydrogen-bond acceptors (Lipinski definition) is 3. The molecule has 1 unspecified atom stereocenters. The molecule has 1 atom stereocenters. The topological polar surface area (TPSA) is 46.6 Å². The molecule has 0 aromatic heterocycles. The summed E-state index contributed by atoms with van der Waals surface area (Å²) in [5, 5.41) is 0. The molecule has 1 aromatic rings. The summed E-state index contributed by atoms with van der Waals surface area (Å²) < 4.78 is 19.7. The molecule has 1 amide bonds. The predicted molar refractivity (Wildman–Crippen MR) is 84.6 cm³/mol. The first-order valence-corrected chi connectivity index (χ1v) is 9.04. The molecule has 116 valence electrons. The highest BCUT2D eigenvalue weighted by Gasteiger charge is 2.41. The summed E-state index contributed by atoms with van der Waals surface area (Å²) in [5.41, 5.74) is 2.79. The second-order valence-electron chi connectivity index (χ2n) is 6.19. The van der Waals surface area contributed by atoms with Gasteiger partial charge in [-0.05, 0) is 31.2 Å². The molecule has 22 heavy (non-hydrogen) atoms. The first-order valence-electron chi connectivity index (χ1n) is 8.01. The van der Waals surface area contributed by atoms with Crippen molar-refractivity contribution in [3.8, 4) is 0 Å². The van der Waals surface area contributed by atoms with E-state index >= 15 is 0 Å². The summed E-state index contributed by atoms with van der Waals surface area (Å²) >= 11 is -1.71. The van der Waals surface area contributed by atoms with Gasteiger partial charge in [0.1, 0.15) is 0 Å². The predicted octanol–water partition coefficient (Wildman–Crippen LogP) is 3.11. The Hall–Kier alpha value is -1.62. The summed E-state index contributed by atoms with van der Waals surface area (Å²) in [6.07, 6.45) is 6.77. The average molecular weight is 317 g/mol. The van der Waals surface area contributed by atoms with Crippen molar-refractivity contribution < 1.29 is 13.2 Å². The summed E-state index contributed by atoms with van der Waals surface area (Å²) in [6.45, 7) is 0. The lowest BCUT2D eigenvalue weighted by molar-refractivity contribution is -0.125. The van der Waals surface area contributed by atoms with E-state index in [0.29, 0.717) is 17.8 Å². The SMILES string of the molecule is O=C1C2=C(OS(=O)N1C1CCCCC1)c1ccccc1CC2. The van der Waals surface area contributed by atoms with Crippen LogP contribution in [0, 0.1) is 0 Å². The van der Waals surface area contributed by atoms with Crippen molar-refractivity contribution in [2.24, 2.45) is 0 Å². The Kier molecular flexibility index (Phi) is 3.53. The Balaban J connectivity index is 1.72. The van der Waals surface area contributed by atoms with Gasteiger partial charge in [0.15, 0.2) is 5.76 Å². The lowest BCUT2D eigenvalue weighted by atomic mass is 9.89. The molecule has 1 fully saturated rings. The van der Waals surface area contributed by atoms with Crippen LogP contribution in [0.1, 0.15) is 49.7 Å². The van der Waals surface area contributed by atoms with Gasteiger partial charge >= 0.3 is 11.3 Å². The number of carbonyl (C=O) groups excluding carboxylic acids is 1. The largest absolute Gasteiger partial charge is 0.384 e. The lowest BCUT2D eigenvalue weighted by Crippen LogP contribution is -2.46. The standard InChI is InChI=1S/C17H19NO3S/c19-17-15-11-10-12-6-4-5-9-14(12)16(15)21-22(20)18(17)13-7-2-1-3-8-13/h4-6,9,13H,1-3,7-8,10-11H2. The third kappa shape index (κ3) is 2.19. The van der Waals surface area contributed by atoms with Crippen LogP contribution in [0.2, 0.25) is 0 Å². The van der Waals surface area contributed by atoms with E-state index < -0.39 is 11.3 Å². The van der Waals surface area contributed by atoms with Crippen molar-refractivity contribution in [1.29, 1.82) is 0 Å². The maximum atomic E-state index is 12.9. The van der Waals surface area contributed by atoms with Crippen LogP contribution in [0.3, 0.4) is 0 Å². The van der Waals surface area contributed by atoms with E-state index in [2.05, 4.69) is 0 Å². The summed E-state index contributed by atoms with van der Waals surface area (Å²) in [7, 11) is 0. The Morgan fingerprint density at radius 3 is 2.68 bits per heavy atom. The van der Waals surface area contributed by atoms with Crippen molar-refractivity contribution in [2.45, 2.75) is 51.0 Å². The minimum atomic E-state index is -1.71. The molecule has 1 aliphatic heterocycles. The van der Waals surface area contributed by atoms with E-state index in [9.17, 15) is 9.00 Å². The molecule has 4 rings (SSSR count). The Morgan fingerprint density at radius 1 is 1.09 bits per heavy atom. The van der Waals surface area contributed by atoms with E-state index in [-0.39, 0.29) is 11.9 Å². The highest BCUT2D eigenvalue weighted by molar-refractivity contribution is 7.78. The fraction of sp³-hybridized carbons (Fsp3) is 0.471. The fourth-order valence-corrected chi connectivity index (χ4v) is 4.82. The molecular weight excluding hydrogens is 298 g/mol. The fourth-order valence-electron chi connectivity index (χ4n) is 3.71. The van der Waals surface area contributed by atoms with Gasteiger partial charge in [0.05, 0.1) is 5.57 Å². The molecule has 0 N–H and O–H groups in total. The van der Waals surface area contributed by atoms with Gasteiger partial charge in [-0.3, -0.25) is 4.79 Å². The normalized spacial score (nSPS) is 25.5. The van der Waals surface area contributed by atoms with Crippen LogP contribution >= 0.6 is 0 Å². The van der Waals surface area contributed by atoms with Gasteiger partial charge < -0.3 is 4.18 Å².